The lowest BCUT2D eigenvalue weighted by atomic mass is 10.1. The zero-order valence-corrected chi connectivity index (χ0v) is 11.8. The second-order valence-electron chi connectivity index (χ2n) is 4.26. The number of rotatable bonds is 5. The first-order chi connectivity index (χ1) is 9.61. The number of hydrogen-bond acceptors (Lipinski definition) is 4. The van der Waals surface area contributed by atoms with Crippen molar-refractivity contribution < 1.29 is 19.2 Å². The van der Waals surface area contributed by atoms with Gasteiger partial charge in [0.05, 0.1) is 29.8 Å². The van der Waals surface area contributed by atoms with E-state index in [9.17, 15) is 14.4 Å². The van der Waals surface area contributed by atoms with E-state index in [1.165, 1.54) is 19.2 Å². The zero-order chi connectivity index (χ0) is 14.5. The minimum Gasteiger partial charge on any atom is -0.508 e. The molecule has 0 radical (unpaired) electrons. The number of aromatic hydroxyl groups is 1. The van der Waals surface area contributed by atoms with E-state index in [4.69, 9.17) is 4.74 Å². The molecule has 5 heteroatoms. The van der Waals surface area contributed by atoms with E-state index in [1.807, 2.05) is 6.07 Å². The zero-order valence-electron chi connectivity index (χ0n) is 11.0. The van der Waals surface area contributed by atoms with Crippen molar-refractivity contribution in [2.24, 2.45) is 0 Å². The van der Waals surface area contributed by atoms with Gasteiger partial charge in [-0.15, -0.1) is 0 Å². The molecule has 0 aliphatic rings. The van der Waals surface area contributed by atoms with Crippen molar-refractivity contribution in [1.82, 2.24) is 0 Å². The fraction of sp³-hybridized carbons (Fsp3) is 0.200. The Morgan fingerprint density at radius 3 is 2.45 bits per heavy atom. The monoisotopic (exact) mass is 292 g/mol. The summed E-state index contributed by atoms with van der Waals surface area (Å²) in [5.74, 6) is 0.768. The summed E-state index contributed by atoms with van der Waals surface area (Å²) in [5, 5.41) is 19.4. The highest BCUT2D eigenvalue weighted by atomic mass is 32.2. The van der Waals surface area contributed by atoms with Gasteiger partial charge in [-0.1, -0.05) is 18.2 Å². The van der Waals surface area contributed by atoms with E-state index in [0.29, 0.717) is 16.2 Å². The average molecular weight is 292 g/mol. The molecule has 2 atom stereocenters. The van der Waals surface area contributed by atoms with Gasteiger partial charge in [-0.25, -0.2) is 0 Å². The summed E-state index contributed by atoms with van der Waals surface area (Å²) in [6.07, 6.45) is -0.874. The molecule has 2 N–H and O–H groups in total. The lowest BCUT2D eigenvalue weighted by molar-refractivity contribution is 0.198. The van der Waals surface area contributed by atoms with Gasteiger partial charge in [-0.2, -0.15) is 0 Å². The molecule has 106 valence electrons. The molecule has 0 unspecified atom stereocenters. The molecule has 4 nitrogen and oxygen atoms in total. The lowest BCUT2D eigenvalue weighted by Crippen LogP contribution is -2.10. The van der Waals surface area contributed by atoms with Gasteiger partial charge in [0.1, 0.15) is 11.5 Å². The van der Waals surface area contributed by atoms with Crippen LogP contribution in [0.25, 0.3) is 0 Å². The van der Waals surface area contributed by atoms with Crippen LogP contribution in [0.5, 0.6) is 11.5 Å². The van der Waals surface area contributed by atoms with Gasteiger partial charge in [-0.05, 0) is 30.3 Å². The molecule has 20 heavy (non-hydrogen) atoms. The molecule has 0 saturated heterocycles. The van der Waals surface area contributed by atoms with E-state index >= 15 is 0 Å². The van der Waals surface area contributed by atoms with Crippen LogP contribution in [0.4, 0.5) is 0 Å². The van der Waals surface area contributed by atoms with Crippen LogP contribution in [0.1, 0.15) is 11.7 Å². The van der Waals surface area contributed by atoms with Crippen molar-refractivity contribution in [3.05, 3.63) is 54.1 Å². The Hall–Kier alpha value is -1.85. The molecule has 2 rings (SSSR count). The van der Waals surface area contributed by atoms with Crippen molar-refractivity contribution in [1.29, 1.82) is 0 Å². The van der Waals surface area contributed by atoms with Crippen molar-refractivity contribution >= 4 is 10.8 Å². The van der Waals surface area contributed by atoms with Crippen LogP contribution in [0.3, 0.4) is 0 Å². The minimum absolute atomic E-state index is 0.0746. The average Bonchev–Trinajstić information content (AvgIpc) is 2.47. The van der Waals surface area contributed by atoms with Gasteiger partial charge >= 0.3 is 0 Å². The number of hydrogen-bond donors (Lipinski definition) is 2. The smallest absolute Gasteiger partial charge is 0.124 e. The molecule has 0 fully saturated rings. The summed E-state index contributed by atoms with van der Waals surface area (Å²) in [4.78, 5) is 0.566. The van der Waals surface area contributed by atoms with Crippen LogP contribution >= 0.6 is 0 Å². The number of phenolic OH excluding ortho intramolecular Hbond substituents is 1. The van der Waals surface area contributed by atoms with Crippen molar-refractivity contribution in [2.75, 3.05) is 12.9 Å². The molecular formula is C15H16O4S. The van der Waals surface area contributed by atoms with E-state index in [-0.39, 0.29) is 11.5 Å². The summed E-state index contributed by atoms with van der Waals surface area (Å²) in [7, 11) is 0.181. The Labute approximate surface area is 120 Å². The van der Waals surface area contributed by atoms with E-state index in [0.717, 1.165) is 0 Å². The second kappa shape index (κ2) is 6.54. The van der Waals surface area contributed by atoms with Crippen LogP contribution in [-0.2, 0) is 10.8 Å². The second-order valence-corrected chi connectivity index (χ2v) is 5.76. The Morgan fingerprint density at radius 2 is 1.80 bits per heavy atom. The molecule has 0 heterocycles. The number of benzene rings is 2. The van der Waals surface area contributed by atoms with Crippen LogP contribution < -0.4 is 4.74 Å². The summed E-state index contributed by atoms with van der Waals surface area (Å²) in [6.45, 7) is 0. The van der Waals surface area contributed by atoms with E-state index < -0.39 is 16.9 Å². The highest BCUT2D eigenvalue weighted by Crippen LogP contribution is 2.26. The standard InChI is InChI=1S/C15H16O4S/c1-19-15-5-3-2-4-13(15)14(17)10-20(18)12-8-6-11(16)7-9-12/h2-9,14,16-17H,10H2,1H3/t14-,20-/m0/s1. The summed E-state index contributed by atoms with van der Waals surface area (Å²) >= 11 is 0. The third-order valence-corrected chi connectivity index (χ3v) is 4.32. The Balaban J connectivity index is 2.13. The minimum atomic E-state index is -1.35. The first-order valence-corrected chi connectivity index (χ1v) is 7.42. The van der Waals surface area contributed by atoms with Gasteiger partial charge < -0.3 is 14.9 Å². The number of aliphatic hydroxyl groups excluding tert-OH is 1. The summed E-state index contributed by atoms with van der Waals surface area (Å²) in [6, 6.07) is 13.2. The first kappa shape index (κ1) is 14.6. The van der Waals surface area contributed by atoms with Gasteiger partial charge in [0.25, 0.3) is 0 Å². The predicted molar refractivity (Wildman–Crippen MR) is 77.3 cm³/mol. The normalized spacial score (nSPS) is 13.7. The fourth-order valence-electron chi connectivity index (χ4n) is 1.87. The van der Waals surface area contributed by atoms with E-state index in [2.05, 4.69) is 0 Å². The number of ether oxygens (including phenoxy) is 1. The number of phenols is 1. The van der Waals surface area contributed by atoms with Crippen molar-refractivity contribution in [2.45, 2.75) is 11.0 Å². The lowest BCUT2D eigenvalue weighted by Gasteiger charge is -2.14. The molecule has 0 amide bonds. The van der Waals surface area contributed by atoms with Gasteiger partial charge in [0.15, 0.2) is 0 Å². The first-order valence-electron chi connectivity index (χ1n) is 6.10. The number of para-hydroxylation sites is 1. The molecule has 0 aliphatic heterocycles. The third kappa shape index (κ3) is 3.37. The molecule has 0 aliphatic carbocycles. The Morgan fingerprint density at radius 1 is 1.15 bits per heavy atom. The quantitative estimate of drug-likeness (QED) is 0.887. The molecule has 2 aromatic rings. The topological polar surface area (TPSA) is 66.8 Å². The van der Waals surface area contributed by atoms with Crippen molar-refractivity contribution in [3.63, 3.8) is 0 Å². The summed E-state index contributed by atoms with van der Waals surface area (Å²) in [5.41, 5.74) is 0.613. The molecule has 0 aromatic heterocycles. The maximum atomic E-state index is 12.2. The van der Waals surface area contributed by atoms with Crippen LogP contribution in [0.2, 0.25) is 0 Å². The van der Waals surface area contributed by atoms with Gasteiger partial charge in [-0.3, -0.25) is 4.21 Å². The van der Waals surface area contributed by atoms with Gasteiger partial charge in [0.2, 0.25) is 0 Å². The van der Waals surface area contributed by atoms with Crippen LogP contribution in [0, 0.1) is 0 Å². The fourth-order valence-corrected chi connectivity index (χ4v) is 2.97. The van der Waals surface area contributed by atoms with Crippen LogP contribution in [-0.4, -0.2) is 27.3 Å². The molecule has 0 spiro atoms. The molecule has 0 bridgehead atoms. The SMILES string of the molecule is COc1ccccc1[C@@H](O)C[S@](=O)c1ccc(O)cc1. The maximum absolute atomic E-state index is 12.2. The van der Waals surface area contributed by atoms with Gasteiger partial charge in [0, 0.05) is 10.5 Å². The number of aliphatic hydroxyl groups is 1. The molecule has 2 aromatic carbocycles. The summed E-state index contributed by atoms with van der Waals surface area (Å²) < 4.78 is 17.3. The highest BCUT2D eigenvalue weighted by Gasteiger charge is 2.16. The Kier molecular flexibility index (Phi) is 4.76. The Bertz CT molecular complexity index is 595. The number of methoxy groups -OCH3 is 1. The molecule has 0 saturated carbocycles. The van der Waals surface area contributed by atoms with Crippen molar-refractivity contribution in [3.8, 4) is 11.5 Å². The molecular weight excluding hydrogens is 276 g/mol. The largest absolute Gasteiger partial charge is 0.508 e. The predicted octanol–water partition coefficient (Wildman–Crippen LogP) is 2.24. The van der Waals surface area contributed by atoms with E-state index in [1.54, 1.807) is 30.3 Å². The van der Waals surface area contributed by atoms with Crippen LogP contribution in [0.15, 0.2) is 53.4 Å². The third-order valence-electron chi connectivity index (χ3n) is 2.91. The highest BCUT2D eigenvalue weighted by molar-refractivity contribution is 7.85. The maximum Gasteiger partial charge on any atom is 0.124 e.